The van der Waals surface area contributed by atoms with Crippen LogP contribution in [0.3, 0.4) is 0 Å². The Bertz CT molecular complexity index is 1330. The maximum absolute atomic E-state index is 13.5. The maximum atomic E-state index is 13.5. The van der Waals surface area contributed by atoms with Crippen LogP contribution in [0.15, 0.2) is 72.3 Å². The SMILES string of the molecule is CCN(CC)c1ccc(C2/C(=C(/O)c3ccc(OC)cc3C)C(=O)C(=O)N2Cc2ccc(F)cc2)cc1. The predicted molar refractivity (Wildman–Crippen MR) is 142 cm³/mol. The molecular formula is C30H31FN2O4. The number of likely N-dealkylation sites (tertiary alicyclic amines) is 1. The lowest BCUT2D eigenvalue weighted by molar-refractivity contribution is -0.140. The van der Waals surface area contributed by atoms with Crippen molar-refractivity contribution in [2.75, 3.05) is 25.1 Å². The van der Waals surface area contributed by atoms with Crippen molar-refractivity contribution < 1.29 is 23.8 Å². The van der Waals surface area contributed by atoms with Crippen molar-refractivity contribution >= 4 is 23.1 Å². The minimum Gasteiger partial charge on any atom is -0.507 e. The summed E-state index contributed by atoms with van der Waals surface area (Å²) < 4.78 is 18.8. The predicted octanol–water partition coefficient (Wildman–Crippen LogP) is 5.61. The lowest BCUT2D eigenvalue weighted by Gasteiger charge is -2.27. The number of methoxy groups -OCH3 is 1. The first-order chi connectivity index (χ1) is 17.8. The Morgan fingerprint density at radius 3 is 2.22 bits per heavy atom. The number of ether oxygens (including phenoxy) is 1. The van der Waals surface area contributed by atoms with Crippen LogP contribution in [0.25, 0.3) is 5.76 Å². The van der Waals surface area contributed by atoms with Crippen LogP contribution in [-0.4, -0.2) is 41.9 Å². The van der Waals surface area contributed by atoms with Crippen LogP contribution in [0.4, 0.5) is 10.1 Å². The first-order valence-electron chi connectivity index (χ1n) is 12.3. The number of Topliss-reactive ketones (excluding diaryl/α,β-unsaturated/α-hetero) is 1. The van der Waals surface area contributed by atoms with Gasteiger partial charge in [-0.3, -0.25) is 9.59 Å². The van der Waals surface area contributed by atoms with Crippen molar-refractivity contribution in [2.45, 2.75) is 33.4 Å². The van der Waals surface area contributed by atoms with E-state index < -0.39 is 17.7 Å². The number of hydrogen-bond acceptors (Lipinski definition) is 5. The molecule has 1 atom stereocenters. The van der Waals surface area contributed by atoms with Crippen LogP contribution in [0.2, 0.25) is 0 Å². The molecule has 0 aliphatic carbocycles. The van der Waals surface area contributed by atoms with Crippen molar-refractivity contribution in [3.8, 4) is 5.75 Å². The zero-order valence-corrected chi connectivity index (χ0v) is 21.5. The van der Waals surface area contributed by atoms with Gasteiger partial charge in [0.05, 0.1) is 18.7 Å². The van der Waals surface area contributed by atoms with E-state index in [2.05, 4.69) is 18.7 Å². The van der Waals surface area contributed by atoms with E-state index >= 15 is 0 Å². The molecule has 0 aromatic heterocycles. The molecule has 1 aliphatic heterocycles. The van der Waals surface area contributed by atoms with Gasteiger partial charge in [-0.1, -0.05) is 24.3 Å². The van der Waals surface area contributed by atoms with Gasteiger partial charge in [-0.2, -0.15) is 0 Å². The van der Waals surface area contributed by atoms with E-state index in [0.29, 0.717) is 28.0 Å². The molecule has 1 unspecified atom stereocenters. The van der Waals surface area contributed by atoms with E-state index in [1.165, 1.54) is 17.0 Å². The number of aliphatic hydroxyl groups excluding tert-OH is 1. The monoisotopic (exact) mass is 502 g/mol. The molecule has 1 aliphatic rings. The van der Waals surface area contributed by atoms with Crippen molar-refractivity contribution in [3.05, 3.63) is 100 Å². The fourth-order valence-electron chi connectivity index (χ4n) is 4.81. The molecule has 3 aromatic carbocycles. The van der Waals surface area contributed by atoms with Gasteiger partial charge in [0.2, 0.25) is 0 Å². The molecule has 3 aromatic rings. The average Bonchev–Trinajstić information content (AvgIpc) is 3.15. The van der Waals surface area contributed by atoms with Crippen LogP contribution in [0, 0.1) is 12.7 Å². The van der Waals surface area contributed by atoms with Crippen molar-refractivity contribution in [1.29, 1.82) is 0 Å². The molecule has 7 heteroatoms. The third kappa shape index (κ3) is 5.07. The van der Waals surface area contributed by atoms with Gasteiger partial charge < -0.3 is 19.6 Å². The topological polar surface area (TPSA) is 70.1 Å². The number of aryl methyl sites for hydroxylation is 1. The summed E-state index contributed by atoms with van der Waals surface area (Å²) in [5.74, 6) is -1.47. The van der Waals surface area contributed by atoms with Crippen molar-refractivity contribution in [2.24, 2.45) is 0 Å². The number of halogens is 1. The number of hydrogen-bond donors (Lipinski definition) is 1. The van der Waals surface area contributed by atoms with Gasteiger partial charge in [0.25, 0.3) is 11.7 Å². The standard InChI is InChI=1S/C30H31FN2O4/c1-5-32(6-2)23-13-9-21(10-14-23)27-26(28(34)25-16-15-24(37-4)17-19(25)3)29(35)30(36)33(27)18-20-7-11-22(31)12-8-20/h7-17,27,34H,5-6,18H2,1-4H3/b28-26-. The van der Waals surface area contributed by atoms with E-state index in [9.17, 15) is 19.1 Å². The number of nitrogens with zero attached hydrogens (tertiary/aromatic N) is 2. The Kier molecular flexibility index (Phi) is 7.62. The Morgan fingerprint density at radius 2 is 1.65 bits per heavy atom. The Labute approximate surface area is 216 Å². The molecule has 0 bridgehead atoms. The first-order valence-corrected chi connectivity index (χ1v) is 12.3. The second-order valence-electron chi connectivity index (χ2n) is 9.00. The average molecular weight is 503 g/mol. The number of anilines is 1. The zero-order chi connectivity index (χ0) is 26.7. The summed E-state index contributed by atoms with van der Waals surface area (Å²) in [4.78, 5) is 30.3. The second kappa shape index (κ2) is 10.9. The van der Waals surface area contributed by atoms with Gasteiger partial charge in [-0.25, -0.2) is 4.39 Å². The molecule has 1 N–H and O–H groups in total. The quantitative estimate of drug-likeness (QED) is 0.246. The Balaban J connectivity index is 1.84. The first kappa shape index (κ1) is 25.9. The fourth-order valence-corrected chi connectivity index (χ4v) is 4.81. The summed E-state index contributed by atoms with van der Waals surface area (Å²) in [6.45, 7) is 7.73. The highest BCUT2D eigenvalue weighted by atomic mass is 19.1. The number of rotatable bonds is 8. The highest BCUT2D eigenvalue weighted by molar-refractivity contribution is 6.46. The summed E-state index contributed by atoms with van der Waals surface area (Å²) in [5.41, 5.74) is 3.58. The summed E-state index contributed by atoms with van der Waals surface area (Å²) >= 11 is 0. The normalized spacial score (nSPS) is 16.8. The lowest BCUT2D eigenvalue weighted by atomic mass is 9.93. The largest absolute Gasteiger partial charge is 0.507 e. The number of aliphatic hydroxyl groups is 1. The second-order valence-corrected chi connectivity index (χ2v) is 9.00. The Hall–Kier alpha value is -4.13. The molecule has 1 saturated heterocycles. The Morgan fingerprint density at radius 1 is 1.00 bits per heavy atom. The van der Waals surface area contributed by atoms with Gasteiger partial charge >= 0.3 is 0 Å². The molecule has 192 valence electrons. The summed E-state index contributed by atoms with van der Waals surface area (Å²) in [6.07, 6.45) is 0. The van der Waals surface area contributed by atoms with E-state index in [4.69, 9.17) is 4.74 Å². The summed E-state index contributed by atoms with van der Waals surface area (Å²) in [7, 11) is 1.55. The highest BCUT2D eigenvalue weighted by Gasteiger charge is 2.46. The highest BCUT2D eigenvalue weighted by Crippen LogP contribution is 2.41. The lowest BCUT2D eigenvalue weighted by Crippen LogP contribution is -2.29. The van der Waals surface area contributed by atoms with Crippen LogP contribution >= 0.6 is 0 Å². The third-order valence-electron chi connectivity index (χ3n) is 6.83. The van der Waals surface area contributed by atoms with Crippen LogP contribution in [0.1, 0.15) is 42.1 Å². The van der Waals surface area contributed by atoms with Crippen molar-refractivity contribution in [1.82, 2.24) is 4.90 Å². The molecule has 0 radical (unpaired) electrons. The third-order valence-corrected chi connectivity index (χ3v) is 6.83. The van der Waals surface area contributed by atoms with Gasteiger partial charge in [0.1, 0.15) is 17.3 Å². The zero-order valence-electron chi connectivity index (χ0n) is 21.5. The molecule has 37 heavy (non-hydrogen) atoms. The number of carbonyl (C=O) groups is 2. The van der Waals surface area contributed by atoms with Gasteiger partial charge in [-0.15, -0.1) is 0 Å². The molecule has 1 heterocycles. The molecule has 1 fully saturated rings. The van der Waals surface area contributed by atoms with Crippen LogP contribution in [0.5, 0.6) is 5.75 Å². The molecule has 0 spiro atoms. The summed E-state index contributed by atoms with van der Waals surface area (Å²) in [5, 5.41) is 11.4. The van der Waals surface area contributed by atoms with E-state index in [0.717, 1.165) is 18.8 Å². The maximum Gasteiger partial charge on any atom is 0.295 e. The minimum absolute atomic E-state index is 0.0240. The van der Waals surface area contributed by atoms with Crippen LogP contribution in [-0.2, 0) is 16.1 Å². The molecular weight excluding hydrogens is 471 g/mol. The van der Waals surface area contributed by atoms with E-state index in [1.54, 1.807) is 44.4 Å². The minimum atomic E-state index is -0.808. The number of ketones is 1. The number of benzene rings is 3. The smallest absolute Gasteiger partial charge is 0.295 e. The molecule has 0 saturated carbocycles. The fraction of sp³-hybridized carbons (Fsp3) is 0.267. The van der Waals surface area contributed by atoms with Gasteiger partial charge in [0.15, 0.2) is 0 Å². The molecule has 1 amide bonds. The van der Waals surface area contributed by atoms with Crippen molar-refractivity contribution in [3.63, 3.8) is 0 Å². The molecule has 6 nitrogen and oxygen atoms in total. The van der Waals surface area contributed by atoms with Gasteiger partial charge in [-0.05, 0) is 79.9 Å². The van der Waals surface area contributed by atoms with Gasteiger partial charge in [0, 0.05) is 30.9 Å². The van der Waals surface area contributed by atoms with E-state index in [-0.39, 0.29) is 23.7 Å². The summed E-state index contributed by atoms with van der Waals surface area (Å²) in [6, 6.07) is 17.8. The number of amides is 1. The number of carbonyl (C=O) groups excluding carboxylic acids is 2. The molecule has 4 rings (SSSR count). The van der Waals surface area contributed by atoms with Crippen LogP contribution < -0.4 is 9.64 Å². The van der Waals surface area contributed by atoms with E-state index in [1.807, 2.05) is 24.3 Å².